The van der Waals surface area contributed by atoms with Crippen LogP contribution in [0.4, 0.5) is 0 Å². The number of carbonyl (C=O) groups is 1. The first-order valence-electron chi connectivity index (χ1n) is 6.45. The van der Waals surface area contributed by atoms with Gasteiger partial charge in [-0.05, 0) is 55.8 Å². The molecule has 0 aliphatic carbocycles. The molecule has 2 heterocycles. The smallest absolute Gasteiger partial charge is 0.467 e. The molecule has 20 heavy (non-hydrogen) atoms. The molecule has 0 bridgehead atoms. The van der Waals surface area contributed by atoms with Crippen molar-refractivity contribution in [1.82, 2.24) is 0 Å². The minimum atomic E-state index is -0.853. The van der Waals surface area contributed by atoms with Crippen LogP contribution in [0.3, 0.4) is 0 Å². The van der Waals surface area contributed by atoms with E-state index in [-0.39, 0.29) is 12.2 Å². The van der Waals surface area contributed by atoms with Crippen molar-refractivity contribution in [3.8, 4) is 0 Å². The number of carboxylic acid groups (broad SMARTS) is 1. The van der Waals surface area contributed by atoms with E-state index < -0.39 is 24.3 Å². The Morgan fingerprint density at radius 2 is 1.90 bits per heavy atom. The zero-order valence-corrected chi connectivity index (χ0v) is 14.4. The van der Waals surface area contributed by atoms with Gasteiger partial charge in [-0.1, -0.05) is 0 Å². The minimum absolute atomic E-state index is 0.0101. The van der Waals surface area contributed by atoms with Crippen LogP contribution in [0.5, 0.6) is 0 Å². The average Bonchev–Trinajstić information content (AvgIpc) is 2.78. The standard InChI is InChI=1S/C13H18BBrO4S/c1-12(2)13(3,4)19-14(18-12)8(7-11(16)17)9-5-6-10(15)20-9/h5-6,8H,7H2,1-4H3,(H,16,17). The number of hydrogen-bond donors (Lipinski definition) is 1. The summed E-state index contributed by atoms with van der Waals surface area (Å²) in [6.07, 6.45) is -0.0101. The van der Waals surface area contributed by atoms with Crippen LogP contribution in [0.25, 0.3) is 0 Å². The Morgan fingerprint density at radius 1 is 1.35 bits per heavy atom. The van der Waals surface area contributed by atoms with E-state index in [2.05, 4.69) is 15.9 Å². The molecule has 1 aromatic rings. The van der Waals surface area contributed by atoms with Crippen molar-refractivity contribution in [2.75, 3.05) is 0 Å². The highest BCUT2D eigenvalue weighted by Gasteiger charge is 2.54. The van der Waals surface area contributed by atoms with Crippen molar-refractivity contribution in [2.24, 2.45) is 0 Å². The Balaban J connectivity index is 2.27. The normalized spacial score (nSPS) is 21.9. The maximum absolute atomic E-state index is 11.2. The third-order valence-electron chi connectivity index (χ3n) is 3.95. The third kappa shape index (κ3) is 3.11. The predicted molar refractivity (Wildman–Crippen MR) is 83.1 cm³/mol. The van der Waals surface area contributed by atoms with Crippen molar-refractivity contribution in [1.29, 1.82) is 0 Å². The summed E-state index contributed by atoms with van der Waals surface area (Å²) in [6, 6.07) is 3.84. The molecule has 110 valence electrons. The van der Waals surface area contributed by atoms with Crippen molar-refractivity contribution in [3.05, 3.63) is 20.8 Å². The second-order valence-electron chi connectivity index (χ2n) is 5.97. The van der Waals surface area contributed by atoms with Gasteiger partial charge < -0.3 is 14.4 Å². The summed E-state index contributed by atoms with van der Waals surface area (Å²) in [4.78, 5) is 12.1. The van der Waals surface area contributed by atoms with Gasteiger partial charge in [-0.2, -0.15) is 0 Å². The maximum Gasteiger partial charge on any atom is 0.467 e. The Kier molecular flexibility index (Phi) is 4.36. The molecular formula is C13H18BBrO4S. The number of halogens is 1. The Morgan fingerprint density at radius 3 is 2.30 bits per heavy atom. The monoisotopic (exact) mass is 360 g/mol. The van der Waals surface area contributed by atoms with E-state index in [9.17, 15) is 4.79 Å². The zero-order chi connectivity index (χ0) is 15.1. The summed E-state index contributed by atoms with van der Waals surface area (Å²) < 4.78 is 13.0. The van der Waals surface area contributed by atoms with E-state index in [0.717, 1.165) is 8.66 Å². The number of carboxylic acids is 1. The summed E-state index contributed by atoms with van der Waals surface area (Å²) in [7, 11) is -0.540. The summed E-state index contributed by atoms with van der Waals surface area (Å²) >= 11 is 4.93. The van der Waals surface area contributed by atoms with Crippen LogP contribution in [0.1, 0.15) is 44.8 Å². The highest BCUT2D eigenvalue weighted by atomic mass is 79.9. The molecule has 4 nitrogen and oxygen atoms in total. The Bertz CT molecular complexity index is 498. The lowest BCUT2D eigenvalue weighted by molar-refractivity contribution is -0.137. The van der Waals surface area contributed by atoms with Gasteiger partial charge in [-0.15, -0.1) is 11.3 Å². The Hall–Kier alpha value is -0.365. The fourth-order valence-electron chi connectivity index (χ4n) is 2.10. The van der Waals surface area contributed by atoms with Crippen LogP contribution in [-0.2, 0) is 14.1 Å². The number of rotatable bonds is 4. The van der Waals surface area contributed by atoms with Gasteiger partial charge in [0.2, 0.25) is 0 Å². The van der Waals surface area contributed by atoms with Crippen LogP contribution < -0.4 is 0 Å². The lowest BCUT2D eigenvalue weighted by atomic mass is 9.69. The predicted octanol–water partition coefficient (Wildman–Crippen LogP) is 3.70. The number of aliphatic carboxylic acids is 1. The molecular weight excluding hydrogens is 343 g/mol. The highest BCUT2D eigenvalue weighted by molar-refractivity contribution is 9.11. The molecule has 0 aromatic carbocycles. The van der Waals surface area contributed by atoms with Gasteiger partial charge >= 0.3 is 13.1 Å². The van der Waals surface area contributed by atoms with Gasteiger partial charge in [0.05, 0.1) is 21.4 Å². The van der Waals surface area contributed by atoms with Crippen molar-refractivity contribution < 1.29 is 19.2 Å². The lowest BCUT2D eigenvalue weighted by Gasteiger charge is -2.32. The van der Waals surface area contributed by atoms with Gasteiger partial charge in [0.25, 0.3) is 0 Å². The van der Waals surface area contributed by atoms with Crippen LogP contribution in [0, 0.1) is 0 Å². The molecule has 1 aromatic heterocycles. The number of thiophene rings is 1. The first kappa shape index (κ1) is 16.0. The molecule has 2 rings (SSSR count). The first-order chi connectivity index (χ1) is 9.12. The second-order valence-corrected chi connectivity index (χ2v) is 8.47. The largest absolute Gasteiger partial charge is 0.481 e. The minimum Gasteiger partial charge on any atom is -0.481 e. The summed E-state index contributed by atoms with van der Waals surface area (Å²) in [5.74, 6) is -1.15. The molecule has 1 aliphatic heterocycles. The topological polar surface area (TPSA) is 55.8 Å². The molecule has 0 spiro atoms. The molecule has 1 unspecified atom stereocenters. The van der Waals surface area contributed by atoms with Crippen molar-refractivity contribution >= 4 is 40.4 Å². The van der Waals surface area contributed by atoms with Crippen LogP contribution in [-0.4, -0.2) is 29.4 Å². The van der Waals surface area contributed by atoms with Gasteiger partial charge in [-0.25, -0.2) is 0 Å². The summed E-state index contributed by atoms with van der Waals surface area (Å²) in [5.41, 5.74) is -0.911. The van der Waals surface area contributed by atoms with E-state index in [1.165, 1.54) is 11.3 Å². The highest BCUT2D eigenvalue weighted by Crippen LogP contribution is 2.43. The van der Waals surface area contributed by atoms with Crippen LogP contribution in [0.2, 0.25) is 0 Å². The molecule has 0 saturated carbocycles. The molecule has 1 fully saturated rings. The molecule has 0 amide bonds. The van der Waals surface area contributed by atoms with Crippen molar-refractivity contribution in [3.63, 3.8) is 0 Å². The van der Waals surface area contributed by atoms with Crippen molar-refractivity contribution in [2.45, 2.75) is 51.1 Å². The van der Waals surface area contributed by atoms with Crippen LogP contribution >= 0.6 is 27.3 Å². The lowest BCUT2D eigenvalue weighted by Crippen LogP contribution is -2.41. The van der Waals surface area contributed by atoms with Gasteiger partial charge in [0.1, 0.15) is 0 Å². The number of hydrogen-bond acceptors (Lipinski definition) is 4. The first-order valence-corrected chi connectivity index (χ1v) is 8.06. The van der Waals surface area contributed by atoms with E-state index in [0.29, 0.717) is 0 Å². The summed E-state index contributed by atoms with van der Waals surface area (Å²) in [5, 5.41) is 9.15. The third-order valence-corrected chi connectivity index (χ3v) is 5.71. The zero-order valence-electron chi connectivity index (χ0n) is 12.0. The van der Waals surface area contributed by atoms with Gasteiger partial charge in [-0.3, -0.25) is 4.79 Å². The van der Waals surface area contributed by atoms with Gasteiger partial charge in [0, 0.05) is 10.7 Å². The van der Waals surface area contributed by atoms with Crippen LogP contribution in [0.15, 0.2) is 15.9 Å². The van der Waals surface area contributed by atoms with E-state index in [1.54, 1.807) is 0 Å². The average molecular weight is 361 g/mol. The molecule has 7 heteroatoms. The SMILES string of the molecule is CC1(C)OB(C(CC(=O)O)c2ccc(Br)s2)OC1(C)C. The van der Waals surface area contributed by atoms with E-state index in [1.807, 2.05) is 39.8 Å². The molecule has 1 atom stereocenters. The maximum atomic E-state index is 11.2. The molecule has 1 saturated heterocycles. The summed E-state index contributed by atoms with van der Waals surface area (Å²) in [6.45, 7) is 7.87. The molecule has 1 aliphatic rings. The van der Waals surface area contributed by atoms with E-state index in [4.69, 9.17) is 14.4 Å². The van der Waals surface area contributed by atoms with Gasteiger partial charge in [0.15, 0.2) is 0 Å². The molecule has 0 radical (unpaired) electrons. The fraction of sp³-hybridized carbons (Fsp3) is 0.615. The Labute approximate surface area is 131 Å². The fourth-order valence-corrected chi connectivity index (χ4v) is 3.64. The quantitative estimate of drug-likeness (QED) is 0.831. The molecule has 1 N–H and O–H groups in total. The second kappa shape index (κ2) is 5.44. The van der Waals surface area contributed by atoms with E-state index >= 15 is 0 Å².